The number of nitrogens with two attached hydrogens (primary N) is 1. The Balaban J connectivity index is 2.44. The van der Waals surface area contributed by atoms with Gasteiger partial charge >= 0.3 is 6.09 Å². The van der Waals surface area contributed by atoms with Crippen LogP contribution < -0.4 is 5.73 Å². The van der Waals surface area contributed by atoms with Crippen molar-refractivity contribution in [2.45, 2.75) is 12.5 Å². The summed E-state index contributed by atoms with van der Waals surface area (Å²) in [4.78, 5) is 14.8. The Hall–Kier alpha value is -1.89. The Bertz CT molecular complexity index is 589. The SMILES string of the molecule is C[C@@]1(c2cccc(F)c2F)C=CSC(OC(N)=O)=N1. The highest BCUT2D eigenvalue weighted by atomic mass is 32.2. The third kappa shape index (κ3) is 2.76. The van der Waals surface area contributed by atoms with Gasteiger partial charge in [-0.2, -0.15) is 0 Å². The van der Waals surface area contributed by atoms with Crippen LogP contribution in [-0.2, 0) is 10.3 Å². The maximum Gasteiger partial charge on any atom is 0.411 e. The summed E-state index contributed by atoms with van der Waals surface area (Å²) in [5.74, 6) is -1.94. The molecule has 0 saturated carbocycles. The molecule has 1 amide bonds. The molecule has 7 heteroatoms. The Kier molecular flexibility index (Phi) is 3.57. The molecule has 1 aromatic carbocycles. The molecule has 0 saturated heterocycles. The van der Waals surface area contributed by atoms with Crippen molar-refractivity contribution in [3.63, 3.8) is 0 Å². The Morgan fingerprint density at radius 1 is 1.47 bits per heavy atom. The lowest BCUT2D eigenvalue weighted by atomic mass is 9.92. The van der Waals surface area contributed by atoms with E-state index in [1.165, 1.54) is 12.1 Å². The number of carbonyl (C=O) groups excluding carboxylic acids is 1. The highest BCUT2D eigenvalue weighted by Crippen LogP contribution is 2.35. The molecule has 1 aliphatic heterocycles. The Morgan fingerprint density at radius 3 is 2.89 bits per heavy atom. The van der Waals surface area contributed by atoms with Crippen LogP contribution in [0.5, 0.6) is 0 Å². The zero-order valence-corrected chi connectivity index (χ0v) is 10.7. The summed E-state index contributed by atoms with van der Waals surface area (Å²) >= 11 is 1.03. The van der Waals surface area contributed by atoms with E-state index in [0.29, 0.717) is 0 Å². The van der Waals surface area contributed by atoms with Crippen molar-refractivity contribution < 1.29 is 18.3 Å². The number of aliphatic imine (C=N–C) groups is 1. The molecule has 0 radical (unpaired) electrons. The lowest BCUT2D eigenvalue weighted by Gasteiger charge is -2.25. The van der Waals surface area contributed by atoms with E-state index in [0.717, 1.165) is 17.8 Å². The van der Waals surface area contributed by atoms with Crippen LogP contribution in [-0.4, -0.2) is 11.3 Å². The van der Waals surface area contributed by atoms with Crippen LogP contribution in [0.25, 0.3) is 0 Å². The molecule has 19 heavy (non-hydrogen) atoms. The fourth-order valence-electron chi connectivity index (χ4n) is 1.66. The number of nitrogens with zero attached hydrogens (tertiary/aromatic N) is 1. The third-order valence-electron chi connectivity index (χ3n) is 2.57. The van der Waals surface area contributed by atoms with Crippen molar-refractivity contribution in [1.82, 2.24) is 0 Å². The smallest absolute Gasteiger partial charge is 0.385 e. The van der Waals surface area contributed by atoms with Crippen LogP contribution in [0.4, 0.5) is 13.6 Å². The topological polar surface area (TPSA) is 64.7 Å². The molecule has 1 heterocycles. The average Bonchev–Trinajstić information content (AvgIpc) is 2.31. The molecule has 1 atom stereocenters. The first-order valence-corrected chi connectivity index (χ1v) is 6.16. The summed E-state index contributed by atoms with van der Waals surface area (Å²) in [6.07, 6.45) is 0.576. The lowest BCUT2D eigenvalue weighted by molar-refractivity contribution is 0.209. The summed E-state index contributed by atoms with van der Waals surface area (Å²) < 4.78 is 31.7. The Morgan fingerprint density at radius 2 is 2.21 bits per heavy atom. The van der Waals surface area contributed by atoms with Crippen molar-refractivity contribution in [2.24, 2.45) is 10.7 Å². The molecule has 4 nitrogen and oxygen atoms in total. The molecule has 0 unspecified atom stereocenters. The summed E-state index contributed by atoms with van der Waals surface area (Å²) in [6.45, 7) is 1.57. The quantitative estimate of drug-likeness (QED) is 0.862. The number of hydrogen-bond acceptors (Lipinski definition) is 4. The summed E-state index contributed by atoms with van der Waals surface area (Å²) in [7, 11) is 0. The Labute approximate surface area is 112 Å². The zero-order chi connectivity index (χ0) is 14.0. The largest absolute Gasteiger partial charge is 0.411 e. The molecule has 100 valence electrons. The second-order valence-electron chi connectivity index (χ2n) is 3.97. The summed E-state index contributed by atoms with van der Waals surface area (Å²) in [5, 5.41) is 1.57. The molecule has 1 aromatic rings. The number of carbonyl (C=O) groups is 1. The minimum absolute atomic E-state index is 0.0128. The van der Waals surface area contributed by atoms with Crippen LogP contribution in [0.15, 0.2) is 34.7 Å². The maximum atomic E-state index is 13.8. The van der Waals surface area contributed by atoms with Crippen LogP contribution in [0.3, 0.4) is 0 Å². The van der Waals surface area contributed by atoms with Crippen LogP contribution in [0.2, 0.25) is 0 Å². The van der Waals surface area contributed by atoms with Gasteiger partial charge in [0.2, 0.25) is 0 Å². The molecule has 1 aliphatic rings. The van der Waals surface area contributed by atoms with Crippen molar-refractivity contribution in [3.05, 3.63) is 46.9 Å². The molecular weight excluding hydrogens is 274 g/mol. The summed E-state index contributed by atoms with van der Waals surface area (Å²) in [6, 6.07) is 3.83. The number of rotatable bonds is 1. The predicted molar refractivity (Wildman–Crippen MR) is 68.5 cm³/mol. The number of halogens is 2. The van der Waals surface area contributed by atoms with E-state index in [-0.39, 0.29) is 10.8 Å². The molecule has 0 aromatic heterocycles. The molecule has 0 bridgehead atoms. The van der Waals surface area contributed by atoms with Crippen molar-refractivity contribution in [1.29, 1.82) is 0 Å². The molecular formula is C12H10F2N2O2S. The van der Waals surface area contributed by atoms with Gasteiger partial charge in [-0.15, -0.1) is 0 Å². The second kappa shape index (κ2) is 5.00. The van der Waals surface area contributed by atoms with Crippen molar-refractivity contribution >= 4 is 23.1 Å². The van der Waals surface area contributed by atoms with Gasteiger partial charge in [-0.05, 0) is 36.2 Å². The minimum atomic E-state index is -1.15. The highest BCUT2D eigenvalue weighted by molar-refractivity contribution is 8.16. The van der Waals surface area contributed by atoms with E-state index in [9.17, 15) is 13.6 Å². The van der Waals surface area contributed by atoms with E-state index in [1.54, 1.807) is 18.4 Å². The van der Waals surface area contributed by atoms with Gasteiger partial charge in [0.1, 0.15) is 5.54 Å². The molecule has 2 rings (SSSR count). The van der Waals surface area contributed by atoms with Gasteiger partial charge in [-0.3, -0.25) is 0 Å². The van der Waals surface area contributed by atoms with Crippen LogP contribution >= 0.6 is 11.8 Å². The molecule has 0 fully saturated rings. The average molecular weight is 284 g/mol. The van der Waals surface area contributed by atoms with Gasteiger partial charge in [-0.25, -0.2) is 18.6 Å². The number of hydrogen-bond donors (Lipinski definition) is 1. The fraction of sp³-hybridized carbons (Fsp3) is 0.167. The standard InChI is InChI=1S/C12H10F2N2O2S/c1-12(7-3-2-4-8(13)9(7)14)5-6-19-11(16-12)18-10(15)17/h2-6H,1H3,(H2,15,17)/t12-/m0/s1. The molecule has 0 aliphatic carbocycles. The van der Waals surface area contributed by atoms with Gasteiger partial charge in [-0.1, -0.05) is 12.1 Å². The van der Waals surface area contributed by atoms with Gasteiger partial charge < -0.3 is 10.5 Å². The zero-order valence-electron chi connectivity index (χ0n) is 9.89. The second-order valence-corrected chi connectivity index (χ2v) is 4.83. The number of amides is 1. The van der Waals surface area contributed by atoms with Crippen molar-refractivity contribution in [2.75, 3.05) is 0 Å². The van der Waals surface area contributed by atoms with Gasteiger partial charge in [0, 0.05) is 5.56 Å². The van der Waals surface area contributed by atoms with Gasteiger partial charge in [0.25, 0.3) is 5.23 Å². The van der Waals surface area contributed by atoms with E-state index in [2.05, 4.69) is 9.73 Å². The first-order valence-electron chi connectivity index (χ1n) is 5.28. The maximum absolute atomic E-state index is 13.8. The van der Waals surface area contributed by atoms with E-state index in [4.69, 9.17) is 5.73 Å². The fourth-order valence-corrected chi connectivity index (χ4v) is 2.48. The van der Waals surface area contributed by atoms with Crippen molar-refractivity contribution in [3.8, 4) is 0 Å². The van der Waals surface area contributed by atoms with Gasteiger partial charge in [0.15, 0.2) is 11.6 Å². The van der Waals surface area contributed by atoms with E-state index in [1.807, 2.05) is 0 Å². The lowest BCUT2D eigenvalue weighted by Crippen LogP contribution is -2.25. The minimum Gasteiger partial charge on any atom is -0.385 e. The summed E-state index contributed by atoms with van der Waals surface area (Å²) in [5.41, 5.74) is 3.79. The highest BCUT2D eigenvalue weighted by Gasteiger charge is 2.31. The van der Waals surface area contributed by atoms with Gasteiger partial charge in [0.05, 0.1) is 0 Å². The molecule has 2 N–H and O–H groups in total. The monoisotopic (exact) mass is 284 g/mol. The third-order valence-corrected chi connectivity index (χ3v) is 3.22. The number of primary amides is 1. The number of benzene rings is 1. The van der Waals surface area contributed by atoms with E-state index < -0.39 is 23.3 Å². The molecule has 0 spiro atoms. The van der Waals surface area contributed by atoms with Crippen LogP contribution in [0, 0.1) is 11.6 Å². The normalized spacial score (nSPS) is 21.9. The van der Waals surface area contributed by atoms with Crippen LogP contribution in [0.1, 0.15) is 12.5 Å². The first kappa shape index (κ1) is 13.5. The first-order chi connectivity index (χ1) is 8.92. The van der Waals surface area contributed by atoms with E-state index >= 15 is 0 Å². The number of ether oxygens (including phenoxy) is 1. The number of thioether (sulfide) groups is 1. The predicted octanol–water partition coefficient (Wildman–Crippen LogP) is 2.89.